The van der Waals surface area contributed by atoms with Gasteiger partial charge in [-0.1, -0.05) is 13.8 Å². The van der Waals surface area contributed by atoms with Crippen molar-refractivity contribution < 1.29 is 14.6 Å². The van der Waals surface area contributed by atoms with Gasteiger partial charge in [-0.15, -0.1) is 0 Å². The predicted molar refractivity (Wildman–Crippen MR) is 71.8 cm³/mol. The number of rotatable bonds is 2. The number of ether oxygens (including phenoxy) is 1. The first-order valence-electron chi connectivity index (χ1n) is 7.07. The third kappa shape index (κ3) is 2.11. The van der Waals surface area contributed by atoms with Crippen molar-refractivity contribution in [2.75, 3.05) is 0 Å². The summed E-state index contributed by atoms with van der Waals surface area (Å²) < 4.78 is 5.44. The SMILES string of the molecule is CC1C2CC(C(=O)Oc3ccc(O)cc3)C(C2)C1C. The molecule has 1 aromatic carbocycles. The van der Waals surface area contributed by atoms with E-state index in [0.29, 0.717) is 23.5 Å². The van der Waals surface area contributed by atoms with Crippen LogP contribution in [-0.4, -0.2) is 11.1 Å². The molecule has 19 heavy (non-hydrogen) atoms. The highest BCUT2D eigenvalue weighted by Gasteiger charge is 2.51. The Hall–Kier alpha value is -1.51. The number of benzene rings is 1. The van der Waals surface area contributed by atoms with Gasteiger partial charge in [0.05, 0.1) is 5.92 Å². The minimum absolute atomic E-state index is 0.0602. The topological polar surface area (TPSA) is 46.5 Å². The molecule has 102 valence electrons. The molecule has 0 aliphatic heterocycles. The van der Waals surface area contributed by atoms with Crippen LogP contribution in [-0.2, 0) is 4.79 Å². The average Bonchev–Trinajstić information content (AvgIpc) is 2.94. The zero-order chi connectivity index (χ0) is 13.6. The van der Waals surface area contributed by atoms with E-state index >= 15 is 0 Å². The molecule has 1 N–H and O–H groups in total. The number of aromatic hydroxyl groups is 1. The van der Waals surface area contributed by atoms with Crippen molar-refractivity contribution in [3.8, 4) is 11.5 Å². The molecule has 2 saturated carbocycles. The first-order valence-corrected chi connectivity index (χ1v) is 7.07. The molecule has 0 saturated heterocycles. The summed E-state index contributed by atoms with van der Waals surface area (Å²) in [6, 6.07) is 6.33. The maximum Gasteiger partial charge on any atom is 0.314 e. The van der Waals surface area contributed by atoms with Crippen molar-refractivity contribution in [2.45, 2.75) is 26.7 Å². The Bertz CT molecular complexity index is 477. The third-order valence-corrected chi connectivity index (χ3v) is 5.25. The van der Waals surface area contributed by atoms with Crippen LogP contribution in [0.15, 0.2) is 24.3 Å². The maximum atomic E-state index is 12.3. The highest BCUT2D eigenvalue weighted by molar-refractivity contribution is 5.76. The number of esters is 1. The van der Waals surface area contributed by atoms with Crippen LogP contribution in [0.2, 0.25) is 0 Å². The lowest BCUT2D eigenvalue weighted by atomic mass is 9.76. The number of carbonyl (C=O) groups is 1. The standard InChI is InChI=1S/C16H20O3/c1-9-10(2)14-7-11(9)8-15(14)16(18)19-13-5-3-12(17)4-6-13/h3-6,9-11,14-15,17H,7-8H2,1-2H3. The molecule has 1 aromatic rings. The molecule has 2 aliphatic carbocycles. The Labute approximate surface area is 113 Å². The molecule has 0 spiro atoms. The van der Waals surface area contributed by atoms with Gasteiger partial charge in [0.15, 0.2) is 0 Å². The van der Waals surface area contributed by atoms with E-state index in [0.717, 1.165) is 12.3 Å². The molecule has 3 rings (SSSR count). The number of hydrogen-bond donors (Lipinski definition) is 1. The molecule has 0 amide bonds. The fourth-order valence-electron chi connectivity index (χ4n) is 3.92. The Kier molecular flexibility index (Phi) is 3.00. The van der Waals surface area contributed by atoms with E-state index in [9.17, 15) is 9.90 Å². The smallest absolute Gasteiger partial charge is 0.314 e. The van der Waals surface area contributed by atoms with Gasteiger partial charge in [0.1, 0.15) is 11.5 Å². The second-order valence-electron chi connectivity index (χ2n) is 6.14. The number of carbonyl (C=O) groups excluding carboxylic acids is 1. The number of phenols is 1. The van der Waals surface area contributed by atoms with E-state index in [-0.39, 0.29) is 17.6 Å². The fraction of sp³-hybridized carbons (Fsp3) is 0.562. The summed E-state index contributed by atoms with van der Waals surface area (Å²) in [6.45, 7) is 4.56. The Morgan fingerprint density at radius 3 is 2.42 bits per heavy atom. The lowest BCUT2D eigenvalue weighted by molar-refractivity contribution is -0.141. The zero-order valence-electron chi connectivity index (χ0n) is 11.4. The summed E-state index contributed by atoms with van der Waals surface area (Å²) in [4.78, 5) is 12.3. The second-order valence-corrected chi connectivity index (χ2v) is 6.14. The normalized spacial score (nSPS) is 36.4. The molecular formula is C16H20O3. The highest BCUT2D eigenvalue weighted by Crippen LogP contribution is 2.55. The first kappa shape index (κ1) is 12.5. The van der Waals surface area contributed by atoms with Crippen LogP contribution in [0.25, 0.3) is 0 Å². The fourth-order valence-corrected chi connectivity index (χ4v) is 3.92. The highest BCUT2D eigenvalue weighted by atomic mass is 16.5. The van der Waals surface area contributed by atoms with E-state index in [1.165, 1.54) is 18.6 Å². The average molecular weight is 260 g/mol. The number of hydrogen-bond acceptors (Lipinski definition) is 3. The van der Waals surface area contributed by atoms with Gasteiger partial charge in [-0.25, -0.2) is 0 Å². The van der Waals surface area contributed by atoms with Crippen molar-refractivity contribution >= 4 is 5.97 Å². The van der Waals surface area contributed by atoms with Crippen LogP contribution in [0.4, 0.5) is 0 Å². The lowest BCUT2D eigenvalue weighted by Gasteiger charge is -2.30. The van der Waals surface area contributed by atoms with E-state index in [4.69, 9.17) is 4.74 Å². The van der Waals surface area contributed by atoms with Gasteiger partial charge in [-0.05, 0) is 60.8 Å². The monoisotopic (exact) mass is 260 g/mol. The molecule has 0 aromatic heterocycles. The van der Waals surface area contributed by atoms with Crippen LogP contribution < -0.4 is 4.74 Å². The minimum atomic E-state index is -0.100. The van der Waals surface area contributed by atoms with Crippen LogP contribution in [0.5, 0.6) is 11.5 Å². The molecule has 3 heteroatoms. The summed E-state index contributed by atoms with van der Waals surface area (Å²) >= 11 is 0. The van der Waals surface area contributed by atoms with Crippen molar-refractivity contribution in [2.24, 2.45) is 29.6 Å². The quantitative estimate of drug-likeness (QED) is 0.656. The van der Waals surface area contributed by atoms with Gasteiger partial charge in [0, 0.05) is 0 Å². The molecule has 3 nitrogen and oxygen atoms in total. The number of fused-ring (bicyclic) bond motifs is 2. The third-order valence-electron chi connectivity index (χ3n) is 5.25. The summed E-state index contributed by atoms with van der Waals surface area (Å²) in [5.41, 5.74) is 0. The van der Waals surface area contributed by atoms with Crippen molar-refractivity contribution in [1.82, 2.24) is 0 Å². The van der Waals surface area contributed by atoms with Gasteiger partial charge in [-0.3, -0.25) is 4.79 Å². The van der Waals surface area contributed by atoms with Gasteiger partial charge in [-0.2, -0.15) is 0 Å². The summed E-state index contributed by atoms with van der Waals surface area (Å²) in [7, 11) is 0. The Balaban J connectivity index is 1.68. The van der Waals surface area contributed by atoms with Gasteiger partial charge >= 0.3 is 5.97 Å². The van der Waals surface area contributed by atoms with Crippen LogP contribution in [0, 0.1) is 29.6 Å². The Morgan fingerprint density at radius 1 is 1.16 bits per heavy atom. The van der Waals surface area contributed by atoms with E-state index < -0.39 is 0 Å². The molecule has 5 atom stereocenters. The summed E-state index contributed by atoms with van der Waals surface area (Å²) in [6.07, 6.45) is 2.16. The summed E-state index contributed by atoms with van der Waals surface area (Å²) in [5, 5.41) is 9.21. The lowest BCUT2D eigenvalue weighted by Crippen LogP contribution is -2.32. The number of phenolic OH excluding ortho intramolecular Hbond substituents is 1. The molecular weight excluding hydrogens is 240 g/mol. The van der Waals surface area contributed by atoms with Crippen molar-refractivity contribution in [1.29, 1.82) is 0 Å². The van der Waals surface area contributed by atoms with Crippen LogP contribution >= 0.6 is 0 Å². The molecule has 5 unspecified atom stereocenters. The van der Waals surface area contributed by atoms with Gasteiger partial charge in [0.25, 0.3) is 0 Å². The predicted octanol–water partition coefficient (Wildman–Crippen LogP) is 3.23. The van der Waals surface area contributed by atoms with Crippen LogP contribution in [0.1, 0.15) is 26.7 Å². The summed E-state index contributed by atoms with van der Waals surface area (Å²) in [5.74, 6) is 3.20. The Morgan fingerprint density at radius 2 is 1.84 bits per heavy atom. The molecule has 0 heterocycles. The van der Waals surface area contributed by atoms with Gasteiger partial charge < -0.3 is 9.84 Å². The van der Waals surface area contributed by atoms with E-state index in [2.05, 4.69) is 13.8 Å². The van der Waals surface area contributed by atoms with Gasteiger partial charge in [0.2, 0.25) is 0 Å². The maximum absolute atomic E-state index is 12.3. The van der Waals surface area contributed by atoms with E-state index in [1.807, 2.05) is 0 Å². The van der Waals surface area contributed by atoms with Crippen LogP contribution in [0.3, 0.4) is 0 Å². The van der Waals surface area contributed by atoms with Crippen molar-refractivity contribution in [3.63, 3.8) is 0 Å². The first-order chi connectivity index (χ1) is 9.06. The largest absolute Gasteiger partial charge is 0.508 e. The zero-order valence-corrected chi connectivity index (χ0v) is 11.4. The van der Waals surface area contributed by atoms with Crippen molar-refractivity contribution in [3.05, 3.63) is 24.3 Å². The minimum Gasteiger partial charge on any atom is -0.508 e. The molecule has 2 fully saturated rings. The molecule has 0 radical (unpaired) electrons. The molecule has 2 bridgehead atoms. The molecule has 2 aliphatic rings. The van der Waals surface area contributed by atoms with E-state index in [1.54, 1.807) is 12.1 Å². The second kappa shape index (κ2) is 4.55.